The van der Waals surface area contributed by atoms with Gasteiger partial charge in [0.2, 0.25) is 5.95 Å². The first-order chi connectivity index (χ1) is 15.4. The smallest absolute Gasteiger partial charge is 0.255 e. The maximum Gasteiger partial charge on any atom is 0.255 e. The Hall–Kier alpha value is -1.75. The highest BCUT2D eigenvalue weighted by Gasteiger charge is 2.07. The molecule has 3 aromatic heterocycles. The van der Waals surface area contributed by atoms with Crippen LogP contribution in [0.15, 0.2) is 45.9 Å². The number of rotatable bonds is 12. The number of aromatic nitrogens is 3. The van der Waals surface area contributed by atoms with Gasteiger partial charge in [-0.1, -0.05) is 0 Å². The van der Waals surface area contributed by atoms with Crippen molar-refractivity contribution in [3.63, 3.8) is 0 Å². The predicted octanol–water partition coefficient (Wildman–Crippen LogP) is 4.08. The van der Waals surface area contributed by atoms with Crippen LogP contribution >= 0.6 is 49.0 Å². The molecule has 0 aromatic carbocycles. The minimum Gasteiger partial charge on any atom is -0.464 e. The van der Waals surface area contributed by atoms with Crippen LogP contribution in [0.4, 0.5) is 5.95 Å². The minimum atomic E-state index is -0.120. The van der Waals surface area contributed by atoms with Crippen LogP contribution in [0.3, 0.4) is 0 Å². The Morgan fingerprint density at radius 1 is 1.00 bits per heavy atom. The van der Waals surface area contributed by atoms with Crippen LogP contribution in [0.5, 0.6) is 0 Å². The molecule has 196 valence electrons. The summed E-state index contributed by atoms with van der Waals surface area (Å²) in [5.74, 6) is 4.15. The van der Waals surface area contributed by atoms with Crippen molar-refractivity contribution < 1.29 is 4.42 Å². The number of anilines is 1. The molecule has 3 rings (SSSR count). The number of furan rings is 1. The third-order valence-corrected chi connectivity index (χ3v) is 5.58. The second-order valence-electron chi connectivity index (χ2n) is 8.24. The monoisotopic (exact) mass is 564 g/mol. The van der Waals surface area contributed by atoms with Crippen molar-refractivity contribution >= 4 is 54.9 Å². The summed E-state index contributed by atoms with van der Waals surface area (Å²) in [7, 11) is 8.06. The van der Waals surface area contributed by atoms with E-state index in [0.29, 0.717) is 24.5 Å². The number of hydrogen-bond donors (Lipinski definition) is 2. The first-order valence-electron chi connectivity index (χ1n) is 10.6. The number of pyridine rings is 1. The molecule has 0 saturated carbocycles. The van der Waals surface area contributed by atoms with E-state index in [-0.39, 0.29) is 42.8 Å². The molecule has 0 aliphatic carbocycles. The van der Waals surface area contributed by atoms with Crippen molar-refractivity contribution in [2.24, 2.45) is 0 Å². The first-order valence-corrected chi connectivity index (χ1v) is 11.7. The van der Waals surface area contributed by atoms with Gasteiger partial charge in [0.15, 0.2) is 0 Å². The molecule has 0 saturated heterocycles. The summed E-state index contributed by atoms with van der Waals surface area (Å²) in [6.45, 7) is 2.27. The molecule has 0 aliphatic rings. The molecule has 3 heterocycles. The molecular weight excluding hydrogens is 531 g/mol. The van der Waals surface area contributed by atoms with Crippen molar-refractivity contribution in [2.45, 2.75) is 25.3 Å². The fourth-order valence-corrected chi connectivity index (χ4v) is 3.96. The number of nitrogens with one attached hydrogen (secondary N) is 2. The largest absolute Gasteiger partial charge is 0.464 e. The lowest BCUT2D eigenvalue weighted by molar-refractivity contribution is 0.344. The van der Waals surface area contributed by atoms with Crippen LogP contribution in [-0.2, 0) is 25.3 Å². The van der Waals surface area contributed by atoms with Crippen LogP contribution in [0.25, 0.3) is 0 Å². The Labute approximate surface area is 229 Å². The minimum absolute atomic E-state index is 0. The second-order valence-corrected chi connectivity index (χ2v) is 9.35. The molecule has 0 fully saturated rings. The lowest BCUT2D eigenvalue weighted by atomic mass is 10.1. The molecule has 8 nitrogen and oxygen atoms in total. The fraction of sp³-hybridized carbons (Fsp3) is 0.435. The van der Waals surface area contributed by atoms with E-state index in [4.69, 9.17) is 4.42 Å². The Morgan fingerprint density at radius 2 is 1.71 bits per heavy atom. The van der Waals surface area contributed by atoms with E-state index < -0.39 is 0 Å². The average Bonchev–Trinajstić information content (AvgIpc) is 3.16. The van der Waals surface area contributed by atoms with Crippen molar-refractivity contribution in [1.82, 2.24) is 24.8 Å². The summed E-state index contributed by atoms with van der Waals surface area (Å²) >= 11 is 1.77. The number of H-pyrrole nitrogens is 1. The predicted molar refractivity (Wildman–Crippen MR) is 152 cm³/mol. The molecule has 3 aromatic rings. The normalized spacial score (nSPS) is 10.5. The van der Waals surface area contributed by atoms with E-state index >= 15 is 0 Å². The van der Waals surface area contributed by atoms with E-state index in [1.165, 1.54) is 0 Å². The first kappa shape index (κ1) is 33.2. The van der Waals surface area contributed by atoms with E-state index in [9.17, 15) is 4.79 Å². The van der Waals surface area contributed by atoms with Gasteiger partial charge in [0.05, 0.1) is 18.0 Å². The Kier molecular flexibility index (Phi) is 16.0. The zero-order chi connectivity index (χ0) is 22.9. The van der Waals surface area contributed by atoms with Gasteiger partial charge in [-0.05, 0) is 58.0 Å². The van der Waals surface area contributed by atoms with Gasteiger partial charge in [0, 0.05) is 43.2 Å². The molecule has 0 spiro atoms. The zero-order valence-corrected chi connectivity index (χ0v) is 23.7. The highest BCUT2D eigenvalue weighted by atomic mass is 35.5. The van der Waals surface area contributed by atoms with E-state index in [2.05, 4.69) is 30.1 Å². The summed E-state index contributed by atoms with van der Waals surface area (Å²) in [5.41, 5.74) is 2.55. The standard InChI is InChI=1S/C23H32N6O2S.3ClH/c1-28(2)14-19-12-17(7-8-24-19)11-18-13-26-23(27-22(18)30)25-9-10-32-16-21-6-5-20(31-21)15-29(3)4;;;/h5-8,12-13H,9-11,14-16H2,1-4H3,(H2,25,26,27,30);3*1H. The van der Waals surface area contributed by atoms with Gasteiger partial charge in [-0.2, -0.15) is 11.8 Å². The Balaban J connectivity index is 0.00000385. The highest BCUT2D eigenvalue weighted by Crippen LogP contribution is 2.16. The quantitative estimate of drug-likeness (QED) is 0.318. The zero-order valence-electron chi connectivity index (χ0n) is 20.4. The van der Waals surface area contributed by atoms with Gasteiger partial charge in [-0.25, -0.2) is 4.98 Å². The molecule has 12 heteroatoms. The van der Waals surface area contributed by atoms with Crippen LogP contribution in [0, 0.1) is 0 Å². The number of nitrogens with zero attached hydrogens (tertiary/aromatic N) is 4. The van der Waals surface area contributed by atoms with Crippen molar-refractivity contribution in [3.05, 3.63) is 75.4 Å². The summed E-state index contributed by atoms with van der Waals surface area (Å²) < 4.78 is 5.81. The third-order valence-electron chi connectivity index (χ3n) is 4.60. The number of thioether (sulfide) groups is 1. The Morgan fingerprint density at radius 3 is 2.40 bits per heavy atom. The van der Waals surface area contributed by atoms with Gasteiger partial charge in [-0.15, -0.1) is 37.2 Å². The maximum absolute atomic E-state index is 12.5. The number of aromatic amines is 1. The lowest BCUT2D eigenvalue weighted by Crippen LogP contribution is -2.18. The topological polar surface area (TPSA) is 90.3 Å². The summed E-state index contributed by atoms with van der Waals surface area (Å²) in [6.07, 6.45) is 3.96. The third kappa shape index (κ3) is 11.7. The molecule has 0 radical (unpaired) electrons. The lowest BCUT2D eigenvalue weighted by Gasteiger charge is -2.10. The van der Waals surface area contributed by atoms with Gasteiger partial charge in [0.25, 0.3) is 5.56 Å². The van der Waals surface area contributed by atoms with E-state index in [0.717, 1.165) is 47.4 Å². The molecule has 0 aliphatic heterocycles. The number of hydrogen-bond acceptors (Lipinski definition) is 8. The van der Waals surface area contributed by atoms with Gasteiger partial charge in [-0.3, -0.25) is 14.8 Å². The van der Waals surface area contributed by atoms with Gasteiger partial charge in [0.1, 0.15) is 11.5 Å². The SMILES string of the molecule is CN(C)Cc1cc(Cc2cnc(NCCSCc3ccc(CN(C)C)o3)[nH]c2=O)ccn1.Cl.Cl.Cl. The molecule has 2 N–H and O–H groups in total. The highest BCUT2D eigenvalue weighted by molar-refractivity contribution is 7.98. The van der Waals surface area contributed by atoms with Gasteiger partial charge >= 0.3 is 0 Å². The van der Waals surface area contributed by atoms with Crippen LogP contribution in [-0.4, -0.2) is 65.2 Å². The summed E-state index contributed by atoms with van der Waals surface area (Å²) in [4.78, 5) is 28.2. The van der Waals surface area contributed by atoms with Crippen LogP contribution in [0.1, 0.15) is 28.3 Å². The van der Waals surface area contributed by atoms with Crippen LogP contribution in [0.2, 0.25) is 0 Å². The van der Waals surface area contributed by atoms with Crippen molar-refractivity contribution in [2.75, 3.05) is 45.8 Å². The molecule has 35 heavy (non-hydrogen) atoms. The Bertz CT molecular complexity index is 1060. The van der Waals surface area contributed by atoms with Crippen molar-refractivity contribution in [1.29, 1.82) is 0 Å². The molecule has 0 amide bonds. The fourth-order valence-electron chi connectivity index (χ4n) is 3.22. The number of halogens is 3. The summed E-state index contributed by atoms with van der Waals surface area (Å²) in [5, 5.41) is 3.18. The van der Waals surface area contributed by atoms with E-state index in [1.807, 2.05) is 52.5 Å². The molecule has 0 bridgehead atoms. The summed E-state index contributed by atoms with van der Waals surface area (Å²) in [6, 6.07) is 8.03. The van der Waals surface area contributed by atoms with Crippen molar-refractivity contribution in [3.8, 4) is 0 Å². The molecule has 0 unspecified atom stereocenters. The maximum atomic E-state index is 12.5. The van der Waals surface area contributed by atoms with Gasteiger partial charge < -0.3 is 19.5 Å². The second kappa shape index (κ2) is 16.8. The van der Waals surface area contributed by atoms with E-state index in [1.54, 1.807) is 24.2 Å². The molecular formula is C23H35Cl3N6O2S. The molecule has 0 atom stereocenters. The average molecular weight is 566 g/mol. The van der Waals surface area contributed by atoms with Crippen LogP contribution < -0.4 is 10.9 Å².